The number of carbonyl (C=O) groups is 2. The molecule has 0 aliphatic carbocycles. The molecule has 5 aromatic rings. The van der Waals surface area contributed by atoms with Crippen molar-refractivity contribution in [3.05, 3.63) is 95.3 Å². The largest absolute Gasteiger partial charge is 0.361 e. The van der Waals surface area contributed by atoms with Crippen LogP contribution in [0.25, 0.3) is 32.9 Å². The normalized spacial score (nSPS) is 11.1. The Morgan fingerprint density at radius 2 is 1.59 bits per heavy atom. The van der Waals surface area contributed by atoms with Crippen molar-refractivity contribution in [2.45, 2.75) is 6.42 Å². The average Bonchev–Trinajstić information content (AvgIpc) is 3.47. The van der Waals surface area contributed by atoms with Crippen molar-refractivity contribution in [3.8, 4) is 11.1 Å². The van der Waals surface area contributed by atoms with Gasteiger partial charge < -0.3 is 20.6 Å². The first-order chi connectivity index (χ1) is 16.6. The lowest BCUT2D eigenvalue weighted by Gasteiger charge is -2.08. The summed E-state index contributed by atoms with van der Waals surface area (Å²) in [6.07, 6.45) is 4.59. The van der Waals surface area contributed by atoms with Crippen LogP contribution in [0.4, 0.5) is 0 Å². The molecule has 0 fully saturated rings. The van der Waals surface area contributed by atoms with Gasteiger partial charge in [0.05, 0.1) is 6.54 Å². The van der Waals surface area contributed by atoms with Crippen molar-refractivity contribution in [2.24, 2.45) is 0 Å². The standard InChI is InChI=1S/C27H23ClN4O2/c28-20-8-5-17(6-9-20)23-15-31-25-10-7-18(13-22(23)25)27(34)32-16-26(33)29-12-11-19-14-30-24-4-2-1-3-21(19)24/h1-10,13-15,30-31H,11-12,16H2,(H,29,33)(H,32,34). The monoisotopic (exact) mass is 470 g/mol. The molecular weight excluding hydrogens is 448 g/mol. The fourth-order valence-electron chi connectivity index (χ4n) is 4.13. The lowest BCUT2D eigenvalue weighted by Crippen LogP contribution is -2.37. The molecule has 34 heavy (non-hydrogen) atoms. The van der Waals surface area contributed by atoms with Crippen LogP contribution in [0.3, 0.4) is 0 Å². The van der Waals surface area contributed by atoms with E-state index in [4.69, 9.17) is 11.6 Å². The smallest absolute Gasteiger partial charge is 0.251 e. The fourth-order valence-corrected chi connectivity index (χ4v) is 4.26. The number of para-hydroxylation sites is 1. The van der Waals surface area contributed by atoms with E-state index in [1.807, 2.05) is 67.0 Å². The minimum absolute atomic E-state index is 0.0814. The zero-order chi connectivity index (χ0) is 23.5. The molecule has 7 heteroatoms. The molecule has 0 saturated carbocycles. The lowest BCUT2D eigenvalue weighted by molar-refractivity contribution is -0.120. The second kappa shape index (κ2) is 9.45. The van der Waals surface area contributed by atoms with Gasteiger partial charge in [0.1, 0.15) is 0 Å². The van der Waals surface area contributed by atoms with Crippen molar-refractivity contribution in [1.29, 1.82) is 0 Å². The average molecular weight is 471 g/mol. The van der Waals surface area contributed by atoms with Crippen LogP contribution in [-0.4, -0.2) is 34.9 Å². The number of halogens is 1. The van der Waals surface area contributed by atoms with Crippen LogP contribution >= 0.6 is 11.6 Å². The molecule has 3 aromatic carbocycles. The van der Waals surface area contributed by atoms with E-state index in [2.05, 4.69) is 26.7 Å². The van der Waals surface area contributed by atoms with Gasteiger partial charge in [0, 0.05) is 56.9 Å². The summed E-state index contributed by atoms with van der Waals surface area (Å²) in [5, 5.41) is 8.33. The molecule has 0 unspecified atom stereocenters. The third-order valence-corrected chi connectivity index (χ3v) is 6.15. The minimum Gasteiger partial charge on any atom is -0.361 e. The second-order valence-corrected chi connectivity index (χ2v) is 8.55. The number of benzene rings is 3. The number of nitrogens with one attached hydrogen (secondary N) is 4. The molecule has 0 radical (unpaired) electrons. The molecule has 4 N–H and O–H groups in total. The summed E-state index contributed by atoms with van der Waals surface area (Å²) < 4.78 is 0. The number of aromatic nitrogens is 2. The van der Waals surface area contributed by atoms with Gasteiger partial charge in [-0.05, 0) is 53.9 Å². The topological polar surface area (TPSA) is 89.8 Å². The van der Waals surface area contributed by atoms with Crippen LogP contribution in [0.5, 0.6) is 0 Å². The van der Waals surface area contributed by atoms with Crippen LogP contribution in [0, 0.1) is 0 Å². The zero-order valence-electron chi connectivity index (χ0n) is 18.3. The highest BCUT2D eigenvalue weighted by Crippen LogP contribution is 2.30. The number of fused-ring (bicyclic) bond motifs is 2. The Bertz CT molecular complexity index is 1480. The van der Waals surface area contributed by atoms with E-state index in [-0.39, 0.29) is 18.4 Å². The Hall–Kier alpha value is -4.03. The van der Waals surface area contributed by atoms with Crippen molar-refractivity contribution in [2.75, 3.05) is 13.1 Å². The third kappa shape index (κ3) is 4.54. The van der Waals surface area contributed by atoms with E-state index in [1.165, 1.54) is 0 Å². The highest BCUT2D eigenvalue weighted by Gasteiger charge is 2.12. The van der Waals surface area contributed by atoms with E-state index in [0.29, 0.717) is 23.6 Å². The SMILES string of the molecule is O=C(CNC(=O)c1ccc2[nH]cc(-c3ccc(Cl)cc3)c2c1)NCCc1c[nH]c2ccccc12. The Morgan fingerprint density at radius 3 is 2.44 bits per heavy atom. The van der Waals surface area contributed by atoms with Gasteiger partial charge in [0.2, 0.25) is 5.91 Å². The number of rotatable bonds is 7. The summed E-state index contributed by atoms with van der Waals surface area (Å²) in [4.78, 5) is 31.4. The summed E-state index contributed by atoms with van der Waals surface area (Å²) >= 11 is 6.00. The quantitative estimate of drug-likeness (QED) is 0.268. The maximum absolute atomic E-state index is 12.7. The van der Waals surface area contributed by atoms with E-state index >= 15 is 0 Å². The van der Waals surface area contributed by atoms with Gasteiger partial charge in [0.15, 0.2) is 0 Å². The molecule has 0 aliphatic heterocycles. The van der Waals surface area contributed by atoms with E-state index in [1.54, 1.807) is 6.07 Å². The summed E-state index contributed by atoms with van der Waals surface area (Å²) in [6.45, 7) is 0.415. The molecule has 2 aromatic heterocycles. The summed E-state index contributed by atoms with van der Waals surface area (Å²) in [5.41, 5.74) is 5.63. The molecule has 0 spiro atoms. The molecule has 5 rings (SSSR count). The van der Waals surface area contributed by atoms with Gasteiger partial charge in [-0.1, -0.05) is 41.9 Å². The number of hydrogen-bond donors (Lipinski definition) is 4. The van der Waals surface area contributed by atoms with Crippen molar-refractivity contribution >= 4 is 45.2 Å². The Labute approximate surface area is 201 Å². The van der Waals surface area contributed by atoms with Gasteiger partial charge in [-0.2, -0.15) is 0 Å². The van der Waals surface area contributed by atoms with E-state index < -0.39 is 0 Å². The van der Waals surface area contributed by atoms with Crippen LogP contribution in [0.1, 0.15) is 15.9 Å². The van der Waals surface area contributed by atoms with Crippen LogP contribution in [-0.2, 0) is 11.2 Å². The lowest BCUT2D eigenvalue weighted by atomic mass is 10.0. The van der Waals surface area contributed by atoms with Gasteiger partial charge >= 0.3 is 0 Å². The number of carbonyl (C=O) groups excluding carboxylic acids is 2. The van der Waals surface area contributed by atoms with Crippen molar-refractivity contribution in [1.82, 2.24) is 20.6 Å². The van der Waals surface area contributed by atoms with Crippen molar-refractivity contribution in [3.63, 3.8) is 0 Å². The summed E-state index contributed by atoms with van der Waals surface area (Å²) in [6, 6.07) is 21.1. The number of H-pyrrole nitrogens is 2. The Kier molecular flexibility index (Phi) is 6.06. The molecule has 2 amide bonds. The van der Waals surface area contributed by atoms with Gasteiger partial charge in [-0.3, -0.25) is 9.59 Å². The highest BCUT2D eigenvalue weighted by molar-refractivity contribution is 6.30. The third-order valence-electron chi connectivity index (χ3n) is 5.90. The summed E-state index contributed by atoms with van der Waals surface area (Å²) in [5.74, 6) is -0.519. The first-order valence-corrected chi connectivity index (χ1v) is 11.4. The van der Waals surface area contributed by atoms with Crippen molar-refractivity contribution < 1.29 is 9.59 Å². The predicted molar refractivity (Wildman–Crippen MR) is 136 cm³/mol. The van der Waals surface area contributed by atoms with Gasteiger partial charge in [-0.15, -0.1) is 0 Å². The predicted octanol–water partition coefficient (Wildman–Crippen LogP) is 5.06. The van der Waals surface area contributed by atoms with E-state index in [0.717, 1.165) is 38.5 Å². The highest BCUT2D eigenvalue weighted by atomic mass is 35.5. The number of aromatic amines is 2. The first kappa shape index (κ1) is 21.8. The van der Waals surface area contributed by atoms with Crippen LogP contribution < -0.4 is 10.6 Å². The first-order valence-electron chi connectivity index (χ1n) is 11.1. The number of hydrogen-bond acceptors (Lipinski definition) is 2. The van der Waals surface area contributed by atoms with Crippen LogP contribution in [0.15, 0.2) is 79.1 Å². The van der Waals surface area contributed by atoms with Gasteiger partial charge in [-0.25, -0.2) is 0 Å². The fraction of sp³-hybridized carbons (Fsp3) is 0.111. The Morgan fingerprint density at radius 1 is 0.824 bits per heavy atom. The summed E-state index contributed by atoms with van der Waals surface area (Å²) in [7, 11) is 0. The number of amides is 2. The minimum atomic E-state index is -0.295. The zero-order valence-corrected chi connectivity index (χ0v) is 19.1. The second-order valence-electron chi connectivity index (χ2n) is 8.11. The molecule has 0 saturated heterocycles. The van der Waals surface area contributed by atoms with E-state index in [9.17, 15) is 9.59 Å². The van der Waals surface area contributed by atoms with Crippen LogP contribution in [0.2, 0.25) is 5.02 Å². The molecule has 0 bridgehead atoms. The molecule has 6 nitrogen and oxygen atoms in total. The maximum Gasteiger partial charge on any atom is 0.251 e. The maximum atomic E-state index is 12.7. The molecule has 0 aliphatic rings. The molecule has 0 atom stereocenters. The molecule has 2 heterocycles. The molecular formula is C27H23ClN4O2. The molecule has 170 valence electrons. The Balaban J connectivity index is 1.18. The van der Waals surface area contributed by atoms with Gasteiger partial charge in [0.25, 0.3) is 5.91 Å².